The molecule has 1 aromatic heterocycles. The monoisotopic (exact) mass is 469 g/mol. The van der Waals surface area contributed by atoms with Crippen molar-refractivity contribution in [3.05, 3.63) is 108 Å². The minimum atomic E-state index is -0.912. The summed E-state index contributed by atoms with van der Waals surface area (Å²) in [6.07, 6.45) is 2.35. The van der Waals surface area contributed by atoms with Crippen molar-refractivity contribution in [2.75, 3.05) is 7.11 Å². The van der Waals surface area contributed by atoms with E-state index in [0.29, 0.717) is 5.56 Å². The number of rotatable bonds is 9. The molecule has 1 heterocycles. The van der Waals surface area contributed by atoms with Crippen LogP contribution >= 0.6 is 0 Å². The van der Waals surface area contributed by atoms with Crippen molar-refractivity contribution >= 4 is 28.7 Å². The number of hydrogen-bond donors (Lipinski definition) is 3. The molecule has 178 valence electrons. The molecule has 3 aromatic carbocycles. The van der Waals surface area contributed by atoms with Crippen LogP contribution in [0.3, 0.4) is 0 Å². The quantitative estimate of drug-likeness (QED) is 0.327. The van der Waals surface area contributed by atoms with E-state index in [2.05, 4.69) is 15.6 Å². The van der Waals surface area contributed by atoms with Gasteiger partial charge in [-0.25, -0.2) is 4.79 Å². The van der Waals surface area contributed by atoms with E-state index >= 15 is 0 Å². The predicted octanol–water partition coefficient (Wildman–Crippen LogP) is 3.41. The summed E-state index contributed by atoms with van der Waals surface area (Å²) in [6, 6.07) is 24.0. The van der Waals surface area contributed by atoms with Gasteiger partial charge in [-0.1, -0.05) is 66.7 Å². The van der Waals surface area contributed by atoms with Gasteiger partial charge in [-0.15, -0.1) is 0 Å². The molecule has 2 amide bonds. The Morgan fingerprint density at radius 3 is 2.17 bits per heavy atom. The summed E-state index contributed by atoms with van der Waals surface area (Å²) in [7, 11) is 1.28. The Kier molecular flexibility index (Phi) is 7.57. The lowest BCUT2D eigenvalue weighted by atomic mass is 10.0. The second kappa shape index (κ2) is 11.2. The largest absolute Gasteiger partial charge is 0.467 e. The summed E-state index contributed by atoms with van der Waals surface area (Å²) in [5.41, 5.74) is 3.14. The highest BCUT2D eigenvalue weighted by Gasteiger charge is 2.28. The number of esters is 1. The Hall–Kier alpha value is -4.39. The molecule has 0 aliphatic heterocycles. The number of fused-ring (bicyclic) bond motifs is 1. The van der Waals surface area contributed by atoms with Crippen molar-refractivity contribution < 1.29 is 19.1 Å². The number of nitrogens with one attached hydrogen (secondary N) is 3. The van der Waals surface area contributed by atoms with Gasteiger partial charge in [0.15, 0.2) is 0 Å². The molecule has 0 radical (unpaired) electrons. The van der Waals surface area contributed by atoms with E-state index in [4.69, 9.17) is 4.74 Å². The number of carbonyl (C=O) groups excluding carboxylic acids is 3. The maximum atomic E-state index is 13.4. The van der Waals surface area contributed by atoms with Gasteiger partial charge >= 0.3 is 5.97 Å². The molecule has 0 spiro atoms. The lowest BCUT2D eigenvalue weighted by molar-refractivity contribution is -0.145. The molecule has 0 aliphatic rings. The summed E-state index contributed by atoms with van der Waals surface area (Å²) in [6.45, 7) is 0. The Morgan fingerprint density at radius 2 is 1.46 bits per heavy atom. The van der Waals surface area contributed by atoms with Gasteiger partial charge in [0.25, 0.3) is 5.91 Å². The molecule has 4 aromatic rings. The van der Waals surface area contributed by atoms with Crippen LogP contribution in [0, 0.1) is 0 Å². The van der Waals surface area contributed by atoms with Gasteiger partial charge in [-0.05, 0) is 29.3 Å². The van der Waals surface area contributed by atoms with Crippen molar-refractivity contribution in [2.24, 2.45) is 0 Å². The first-order chi connectivity index (χ1) is 17.0. The van der Waals surface area contributed by atoms with Crippen LogP contribution in [0.1, 0.15) is 21.5 Å². The third-order valence-corrected chi connectivity index (χ3v) is 5.84. The maximum Gasteiger partial charge on any atom is 0.328 e. The van der Waals surface area contributed by atoms with Crippen LogP contribution < -0.4 is 10.6 Å². The van der Waals surface area contributed by atoms with Gasteiger partial charge in [0.05, 0.1) is 7.11 Å². The number of ether oxygens (including phenoxy) is 1. The van der Waals surface area contributed by atoms with E-state index in [1.165, 1.54) is 7.11 Å². The van der Waals surface area contributed by atoms with Crippen molar-refractivity contribution in [1.82, 2.24) is 15.6 Å². The predicted molar refractivity (Wildman–Crippen MR) is 134 cm³/mol. The topological polar surface area (TPSA) is 100 Å². The number of aromatic nitrogens is 1. The summed E-state index contributed by atoms with van der Waals surface area (Å²) in [5, 5.41) is 6.61. The summed E-state index contributed by atoms with van der Waals surface area (Å²) in [4.78, 5) is 42.1. The molecule has 7 nitrogen and oxygen atoms in total. The Morgan fingerprint density at radius 1 is 0.800 bits per heavy atom. The molecule has 35 heavy (non-hydrogen) atoms. The number of H-pyrrole nitrogens is 1. The lowest BCUT2D eigenvalue weighted by Gasteiger charge is -2.22. The fourth-order valence-corrected chi connectivity index (χ4v) is 4.02. The molecule has 0 unspecified atom stereocenters. The second-order valence-electron chi connectivity index (χ2n) is 8.23. The third-order valence-electron chi connectivity index (χ3n) is 5.84. The van der Waals surface area contributed by atoms with Gasteiger partial charge in [0.2, 0.25) is 5.91 Å². The van der Waals surface area contributed by atoms with Crippen LogP contribution in [0.15, 0.2) is 91.1 Å². The number of benzene rings is 3. The van der Waals surface area contributed by atoms with E-state index in [1.807, 2.05) is 66.9 Å². The van der Waals surface area contributed by atoms with Crippen LogP contribution in [0.25, 0.3) is 10.9 Å². The number of carbonyl (C=O) groups is 3. The Balaban J connectivity index is 1.58. The molecule has 3 N–H and O–H groups in total. The van der Waals surface area contributed by atoms with E-state index < -0.39 is 24.0 Å². The molecule has 4 rings (SSSR count). The van der Waals surface area contributed by atoms with Crippen LogP contribution in [-0.2, 0) is 27.2 Å². The first-order valence-electron chi connectivity index (χ1n) is 11.4. The Bertz CT molecular complexity index is 1300. The minimum absolute atomic E-state index is 0.244. The molecule has 0 saturated carbocycles. The molecule has 7 heteroatoms. The lowest BCUT2D eigenvalue weighted by Crippen LogP contribution is -2.53. The number of methoxy groups -OCH3 is 1. The van der Waals surface area contributed by atoms with Gasteiger partial charge in [-0.3, -0.25) is 9.59 Å². The summed E-state index contributed by atoms with van der Waals surface area (Å²) >= 11 is 0. The zero-order chi connectivity index (χ0) is 24.6. The number of amides is 2. The van der Waals surface area contributed by atoms with Gasteiger partial charge in [0.1, 0.15) is 12.1 Å². The second-order valence-corrected chi connectivity index (χ2v) is 8.23. The number of para-hydroxylation sites is 1. The number of aromatic amines is 1. The molecule has 0 saturated heterocycles. The Labute approximate surface area is 203 Å². The summed E-state index contributed by atoms with van der Waals surface area (Å²) < 4.78 is 4.93. The minimum Gasteiger partial charge on any atom is -0.467 e. The molecule has 2 atom stereocenters. The van der Waals surface area contributed by atoms with E-state index in [9.17, 15) is 14.4 Å². The number of hydrogen-bond acceptors (Lipinski definition) is 4. The fourth-order valence-electron chi connectivity index (χ4n) is 4.02. The van der Waals surface area contributed by atoms with Crippen molar-refractivity contribution in [3.8, 4) is 0 Å². The molecular weight excluding hydrogens is 442 g/mol. The average Bonchev–Trinajstić information content (AvgIpc) is 3.31. The molecular formula is C28H27N3O4. The van der Waals surface area contributed by atoms with E-state index in [-0.39, 0.29) is 18.7 Å². The van der Waals surface area contributed by atoms with Crippen LogP contribution in [-0.4, -0.2) is 42.0 Å². The van der Waals surface area contributed by atoms with Crippen LogP contribution in [0.4, 0.5) is 0 Å². The van der Waals surface area contributed by atoms with Crippen LogP contribution in [0.5, 0.6) is 0 Å². The van der Waals surface area contributed by atoms with Crippen molar-refractivity contribution in [1.29, 1.82) is 0 Å². The molecule has 0 bridgehead atoms. The molecule has 0 fully saturated rings. The van der Waals surface area contributed by atoms with E-state index in [0.717, 1.165) is 22.0 Å². The smallest absolute Gasteiger partial charge is 0.328 e. The van der Waals surface area contributed by atoms with Gasteiger partial charge in [0, 0.05) is 35.5 Å². The first kappa shape index (κ1) is 23.8. The highest BCUT2D eigenvalue weighted by Crippen LogP contribution is 2.19. The highest BCUT2D eigenvalue weighted by atomic mass is 16.5. The zero-order valence-corrected chi connectivity index (χ0v) is 19.4. The normalized spacial score (nSPS) is 12.5. The summed E-state index contributed by atoms with van der Waals surface area (Å²) in [5.74, 6) is -1.39. The van der Waals surface area contributed by atoms with Crippen LogP contribution in [0.2, 0.25) is 0 Å². The SMILES string of the molecule is COC(=O)[C@H](Cc1ccccc1)NC(=O)[C@H](Cc1c[nH]c2ccccc12)NC(=O)c1ccccc1. The zero-order valence-electron chi connectivity index (χ0n) is 19.4. The highest BCUT2D eigenvalue weighted by molar-refractivity contribution is 5.98. The third kappa shape index (κ3) is 5.95. The fraction of sp³-hybridized carbons (Fsp3) is 0.179. The molecule has 0 aliphatic carbocycles. The van der Waals surface area contributed by atoms with E-state index in [1.54, 1.807) is 24.3 Å². The van der Waals surface area contributed by atoms with Gasteiger partial charge < -0.3 is 20.4 Å². The first-order valence-corrected chi connectivity index (χ1v) is 11.4. The van der Waals surface area contributed by atoms with Crippen molar-refractivity contribution in [3.63, 3.8) is 0 Å². The average molecular weight is 470 g/mol. The van der Waals surface area contributed by atoms with Gasteiger partial charge in [-0.2, -0.15) is 0 Å². The van der Waals surface area contributed by atoms with Crippen molar-refractivity contribution in [2.45, 2.75) is 24.9 Å². The maximum absolute atomic E-state index is 13.4. The standard InChI is InChI=1S/C28H27N3O4/c1-35-28(34)25(16-19-10-4-2-5-11-19)31-27(33)24(30-26(32)20-12-6-3-7-13-20)17-21-18-29-23-15-9-8-14-22(21)23/h2-15,18,24-25,29H,16-17H2,1H3,(H,30,32)(H,31,33)/t24-,25-/m0/s1.